The quantitative estimate of drug-likeness (QED) is 0.823. The molecule has 2 amide bonds. The third-order valence-electron chi connectivity index (χ3n) is 4.48. The maximum Gasteiger partial charge on any atom is 0.258 e. The number of hydrogen-bond donors (Lipinski definition) is 2. The summed E-state index contributed by atoms with van der Waals surface area (Å²) < 4.78 is 5.21. The number of hydrogen-bond acceptors (Lipinski definition) is 4. The summed E-state index contributed by atoms with van der Waals surface area (Å²) in [6.45, 7) is 4.64. The first kappa shape index (κ1) is 18.8. The van der Waals surface area contributed by atoms with Crippen molar-refractivity contribution in [3.8, 4) is 5.75 Å². The SMILES string of the molecule is COc1ccc([C@H]2Nc3ccccc3C(=O)N2CC(=O)NCC(C)C)cc1. The second kappa shape index (κ2) is 8.12. The minimum atomic E-state index is -0.428. The van der Waals surface area contributed by atoms with E-state index in [4.69, 9.17) is 4.74 Å². The summed E-state index contributed by atoms with van der Waals surface area (Å²) in [5.74, 6) is 0.756. The molecule has 142 valence electrons. The third kappa shape index (κ3) is 4.22. The normalized spacial score (nSPS) is 15.9. The molecule has 0 fully saturated rings. The zero-order chi connectivity index (χ0) is 19.4. The van der Waals surface area contributed by atoms with Crippen LogP contribution in [0.15, 0.2) is 48.5 Å². The molecule has 0 unspecified atom stereocenters. The van der Waals surface area contributed by atoms with Crippen molar-refractivity contribution >= 4 is 17.5 Å². The van der Waals surface area contributed by atoms with Gasteiger partial charge in [0.15, 0.2) is 0 Å². The highest BCUT2D eigenvalue weighted by Crippen LogP contribution is 2.33. The lowest BCUT2D eigenvalue weighted by molar-refractivity contribution is -0.122. The van der Waals surface area contributed by atoms with E-state index in [1.165, 1.54) is 0 Å². The first-order valence-electron chi connectivity index (χ1n) is 9.06. The summed E-state index contributed by atoms with van der Waals surface area (Å²) in [7, 11) is 1.61. The van der Waals surface area contributed by atoms with Crippen LogP contribution in [0.3, 0.4) is 0 Å². The van der Waals surface area contributed by atoms with Gasteiger partial charge in [0.1, 0.15) is 18.5 Å². The first-order chi connectivity index (χ1) is 13.0. The molecule has 0 aliphatic carbocycles. The van der Waals surface area contributed by atoms with E-state index in [1.54, 1.807) is 18.1 Å². The second-order valence-corrected chi connectivity index (χ2v) is 7.00. The van der Waals surface area contributed by atoms with E-state index in [1.807, 2.05) is 56.3 Å². The van der Waals surface area contributed by atoms with Crippen LogP contribution in [0, 0.1) is 5.92 Å². The topological polar surface area (TPSA) is 70.7 Å². The Balaban J connectivity index is 1.89. The van der Waals surface area contributed by atoms with E-state index in [-0.39, 0.29) is 18.4 Å². The Hall–Kier alpha value is -3.02. The van der Waals surface area contributed by atoms with Crippen LogP contribution in [0.5, 0.6) is 5.75 Å². The van der Waals surface area contributed by atoms with E-state index in [2.05, 4.69) is 10.6 Å². The van der Waals surface area contributed by atoms with E-state index < -0.39 is 6.17 Å². The van der Waals surface area contributed by atoms with Crippen molar-refractivity contribution < 1.29 is 14.3 Å². The van der Waals surface area contributed by atoms with Crippen LogP contribution in [0.25, 0.3) is 0 Å². The van der Waals surface area contributed by atoms with Crippen molar-refractivity contribution in [3.63, 3.8) is 0 Å². The van der Waals surface area contributed by atoms with Crippen LogP contribution in [0.2, 0.25) is 0 Å². The van der Waals surface area contributed by atoms with Crippen molar-refractivity contribution in [1.82, 2.24) is 10.2 Å². The maximum atomic E-state index is 13.1. The second-order valence-electron chi connectivity index (χ2n) is 7.00. The van der Waals surface area contributed by atoms with Crippen molar-refractivity contribution in [2.45, 2.75) is 20.0 Å². The number of carbonyl (C=O) groups is 2. The number of rotatable bonds is 6. The number of ether oxygens (including phenoxy) is 1. The van der Waals surface area contributed by atoms with Gasteiger partial charge in [-0.15, -0.1) is 0 Å². The van der Waals surface area contributed by atoms with Crippen LogP contribution in [-0.4, -0.2) is 36.9 Å². The molecule has 1 atom stereocenters. The number of amides is 2. The largest absolute Gasteiger partial charge is 0.497 e. The predicted octanol–water partition coefficient (Wildman–Crippen LogP) is 3.03. The lowest BCUT2D eigenvalue weighted by Gasteiger charge is -2.37. The smallest absolute Gasteiger partial charge is 0.258 e. The van der Waals surface area contributed by atoms with Crippen LogP contribution < -0.4 is 15.4 Å². The standard InChI is InChI=1S/C21H25N3O3/c1-14(2)12-22-19(25)13-24-20(15-8-10-16(27-3)11-9-15)23-18-7-5-4-6-17(18)21(24)26/h4-11,14,20,23H,12-13H2,1-3H3,(H,22,25)/t20-/m0/s1. The van der Waals surface area contributed by atoms with Crippen LogP contribution in [0.4, 0.5) is 5.69 Å². The Labute approximate surface area is 159 Å². The summed E-state index contributed by atoms with van der Waals surface area (Å²) in [5, 5.41) is 6.27. The highest BCUT2D eigenvalue weighted by Gasteiger charge is 2.34. The summed E-state index contributed by atoms with van der Waals surface area (Å²) in [6.07, 6.45) is -0.428. The Bertz CT molecular complexity index is 818. The number of methoxy groups -OCH3 is 1. The minimum absolute atomic E-state index is 0.0103. The minimum Gasteiger partial charge on any atom is -0.497 e. The van der Waals surface area contributed by atoms with Crippen molar-refractivity contribution in [3.05, 3.63) is 59.7 Å². The molecule has 0 radical (unpaired) electrons. The molecule has 3 rings (SSSR count). The van der Waals surface area contributed by atoms with Gasteiger partial charge in [0.25, 0.3) is 5.91 Å². The van der Waals surface area contributed by atoms with Gasteiger partial charge in [-0.05, 0) is 35.7 Å². The van der Waals surface area contributed by atoms with E-state index in [9.17, 15) is 9.59 Å². The summed E-state index contributed by atoms with van der Waals surface area (Å²) in [6, 6.07) is 14.8. The molecule has 6 heteroatoms. The molecular formula is C21H25N3O3. The molecule has 0 saturated heterocycles. The maximum absolute atomic E-state index is 13.1. The number of fused-ring (bicyclic) bond motifs is 1. The summed E-state index contributed by atoms with van der Waals surface area (Å²) in [5.41, 5.74) is 2.22. The number of anilines is 1. The van der Waals surface area contributed by atoms with Gasteiger partial charge in [0.2, 0.25) is 5.91 Å². The molecule has 1 aliphatic heterocycles. The summed E-state index contributed by atoms with van der Waals surface area (Å²) >= 11 is 0. The van der Waals surface area contributed by atoms with Crippen molar-refractivity contribution in [1.29, 1.82) is 0 Å². The van der Waals surface area contributed by atoms with E-state index in [0.717, 1.165) is 17.0 Å². The zero-order valence-corrected chi connectivity index (χ0v) is 15.9. The average Bonchev–Trinajstić information content (AvgIpc) is 2.68. The molecule has 0 aromatic heterocycles. The average molecular weight is 367 g/mol. The number of nitrogens with one attached hydrogen (secondary N) is 2. The Kier molecular flexibility index (Phi) is 5.64. The monoisotopic (exact) mass is 367 g/mol. The Morgan fingerprint density at radius 1 is 1.19 bits per heavy atom. The first-order valence-corrected chi connectivity index (χ1v) is 9.06. The van der Waals surface area contributed by atoms with Gasteiger partial charge in [0, 0.05) is 12.2 Å². The molecule has 0 spiro atoms. The van der Waals surface area contributed by atoms with Gasteiger partial charge < -0.3 is 20.3 Å². The van der Waals surface area contributed by atoms with Crippen LogP contribution >= 0.6 is 0 Å². The fourth-order valence-corrected chi connectivity index (χ4v) is 3.03. The number of para-hydroxylation sites is 1. The van der Waals surface area contributed by atoms with Gasteiger partial charge in [-0.1, -0.05) is 38.1 Å². The Morgan fingerprint density at radius 2 is 1.89 bits per heavy atom. The van der Waals surface area contributed by atoms with E-state index >= 15 is 0 Å². The van der Waals surface area contributed by atoms with E-state index in [0.29, 0.717) is 18.0 Å². The van der Waals surface area contributed by atoms with Crippen LogP contribution in [-0.2, 0) is 4.79 Å². The third-order valence-corrected chi connectivity index (χ3v) is 4.48. The predicted molar refractivity (Wildman–Crippen MR) is 105 cm³/mol. The van der Waals surface area contributed by atoms with Crippen molar-refractivity contribution in [2.75, 3.05) is 25.5 Å². The number of benzene rings is 2. The molecule has 0 bridgehead atoms. The molecule has 6 nitrogen and oxygen atoms in total. The van der Waals surface area contributed by atoms with Gasteiger partial charge in [0.05, 0.1) is 12.7 Å². The fraction of sp³-hybridized carbons (Fsp3) is 0.333. The highest BCUT2D eigenvalue weighted by molar-refractivity contribution is 6.03. The van der Waals surface area contributed by atoms with Crippen molar-refractivity contribution in [2.24, 2.45) is 5.92 Å². The number of nitrogens with zero attached hydrogens (tertiary/aromatic N) is 1. The van der Waals surface area contributed by atoms with Gasteiger partial charge in [-0.2, -0.15) is 0 Å². The highest BCUT2D eigenvalue weighted by atomic mass is 16.5. The number of carbonyl (C=O) groups excluding carboxylic acids is 2. The molecule has 2 aromatic rings. The molecule has 2 N–H and O–H groups in total. The zero-order valence-electron chi connectivity index (χ0n) is 15.9. The molecule has 1 aliphatic rings. The molecule has 2 aromatic carbocycles. The van der Waals surface area contributed by atoms with Gasteiger partial charge in [-0.25, -0.2) is 0 Å². The Morgan fingerprint density at radius 3 is 2.56 bits per heavy atom. The molecule has 1 heterocycles. The molecule has 27 heavy (non-hydrogen) atoms. The lowest BCUT2D eigenvalue weighted by atomic mass is 10.0. The van der Waals surface area contributed by atoms with Crippen LogP contribution in [0.1, 0.15) is 35.9 Å². The molecule has 0 saturated carbocycles. The summed E-state index contributed by atoms with van der Waals surface area (Å²) in [4.78, 5) is 27.0. The fourth-order valence-electron chi connectivity index (χ4n) is 3.03. The van der Waals surface area contributed by atoms with Gasteiger partial charge >= 0.3 is 0 Å². The van der Waals surface area contributed by atoms with Gasteiger partial charge in [-0.3, -0.25) is 9.59 Å². The lowest BCUT2D eigenvalue weighted by Crippen LogP contribution is -2.48. The molecular weight excluding hydrogens is 342 g/mol.